The lowest BCUT2D eigenvalue weighted by molar-refractivity contribution is -0.386. The maximum Gasteiger partial charge on any atom is 0.124 e. The van der Waals surface area contributed by atoms with Crippen LogP contribution in [0.3, 0.4) is 0 Å². The van der Waals surface area contributed by atoms with Crippen molar-refractivity contribution >= 4 is 11.6 Å². The molecular formula is C7H8ClFN+. The summed E-state index contributed by atoms with van der Waals surface area (Å²) in [7, 11) is 0. The van der Waals surface area contributed by atoms with Crippen LogP contribution >= 0.6 is 11.6 Å². The first-order chi connectivity index (χ1) is 4.74. The summed E-state index contributed by atoms with van der Waals surface area (Å²) in [5.41, 5.74) is 4.52. The summed E-state index contributed by atoms with van der Waals surface area (Å²) in [5.74, 6) is -0.304. The molecule has 3 heteroatoms. The molecule has 0 fully saturated rings. The van der Waals surface area contributed by atoms with Gasteiger partial charge in [0.25, 0.3) is 0 Å². The van der Waals surface area contributed by atoms with E-state index in [4.69, 9.17) is 11.6 Å². The summed E-state index contributed by atoms with van der Waals surface area (Å²) in [6, 6.07) is 4.32. The van der Waals surface area contributed by atoms with Gasteiger partial charge in [-0.2, -0.15) is 0 Å². The number of quaternary nitrogens is 1. The Morgan fingerprint density at radius 1 is 1.50 bits per heavy atom. The maximum atomic E-state index is 12.4. The molecule has 1 rings (SSSR count). The summed E-state index contributed by atoms with van der Waals surface area (Å²) < 4.78 is 12.4. The zero-order valence-corrected chi connectivity index (χ0v) is 6.16. The smallest absolute Gasteiger partial charge is 0.124 e. The van der Waals surface area contributed by atoms with Crippen molar-refractivity contribution in [3.05, 3.63) is 34.6 Å². The van der Waals surface area contributed by atoms with Crippen LogP contribution in [0.5, 0.6) is 0 Å². The van der Waals surface area contributed by atoms with Gasteiger partial charge in [0.2, 0.25) is 0 Å². The van der Waals surface area contributed by atoms with E-state index in [1.165, 1.54) is 12.1 Å². The van der Waals surface area contributed by atoms with Crippen molar-refractivity contribution in [3.8, 4) is 0 Å². The van der Waals surface area contributed by atoms with Crippen LogP contribution in [0.2, 0.25) is 5.02 Å². The molecule has 0 radical (unpaired) electrons. The van der Waals surface area contributed by atoms with Crippen LogP contribution in [-0.2, 0) is 6.54 Å². The molecule has 0 aliphatic heterocycles. The Morgan fingerprint density at radius 3 is 2.70 bits per heavy atom. The van der Waals surface area contributed by atoms with Gasteiger partial charge in [-0.25, -0.2) is 4.39 Å². The summed E-state index contributed by atoms with van der Waals surface area (Å²) in [6.07, 6.45) is 0. The third-order valence-electron chi connectivity index (χ3n) is 1.28. The minimum absolute atomic E-state index is 0.304. The zero-order chi connectivity index (χ0) is 7.56. The van der Waals surface area contributed by atoms with Crippen molar-refractivity contribution in [2.75, 3.05) is 0 Å². The molecule has 1 aromatic rings. The first kappa shape index (κ1) is 7.51. The molecule has 0 bridgehead atoms. The first-order valence-corrected chi connectivity index (χ1v) is 3.35. The van der Waals surface area contributed by atoms with Crippen molar-refractivity contribution in [1.82, 2.24) is 0 Å². The second kappa shape index (κ2) is 2.99. The van der Waals surface area contributed by atoms with E-state index in [0.717, 1.165) is 5.56 Å². The van der Waals surface area contributed by atoms with Crippen molar-refractivity contribution in [1.29, 1.82) is 0 Å². The fraction of sp³-hybridized carbons (Fsp3) is 0.143. The average Bonchev–Trinajstić information content (AvgIpc) is 1.88. The van der Waals surface area contributed by atoms with E-state index in [1.54, 1.807) is 6.07 Å². The molecule has 0 aromatic heterocycles. The maximum absolute atomic E-state index is 12.4. The number of hydrogen-bond acceptors (Lipinski definition) is 0. The number of halogens is 2. The highest BCUT2D eigenvalue weighted by molar-refractivity contribution is 6.31. The highest BCUT2D eigenvalue weighted by Gasteiger charge is 1.99. The van der Waals surface area contributed by atoms with E-state index in [1.807, 2.05) is 0 Å². The second-order valence-electron chi connectivity index (χ2n) is 1.99. The summed E-state index contributed by atoms with van der Waals surface area (Å²) in [5, 5.41) is 0.454. The average molecular weight is 161 g/mol. The molecule has 0 saturated carbocycles. The normalized spacial score (nSPS) is 9.90. The highest BCUT2D eigenvalue weighted by atomic mass is 35.5. The van der Waals surface area contributed by atoms with Crippen molar-refractivity contribution in [3.63, 3.8) is 0 Å². The predicted molar refractivity (Wildman–Crippen MR) is 38.0 cm³/mol. The Morgan fingerprint density at radius 2 is 2.20 bits per heavy atom. The van der Waals surface area contributed by atoms with Gasteiger partial charge in [0.1, 0.15) is 12.4 Å². The molecule has 3 N–H and O–H groups in total. The van der Waals surface area contributed by atoms with E-state index in [2.05, 4.69) is 5.73 Å². The molecule has 0 heterocycles. The van der Waals surface area contributed by atoms with Gasteiger partial charge in [0.15, 0.2) is 0 Å². The van der Waals surface area contributed by atoms with Crippen LogP contribution in [0.1, 0.15) is 5.56 Å². The number of benzene rings is 1. The quantitative estimate of drug-likeness (QED) is 0.640. The van der Waals surface area contributed by atoms with Gasteiger partial charge in [-0.05, 0) is 18.2 Å². The van der Waals surface area contributed by atoms with Crippen LogP contribution < -0.4 is 5.73 Å². The lowest BCUT2D eigenvalue weighted by Crippen LogP contribution is -2.47. The van der Waals surface area contributed by atoms with Gasteiger partial charge >= 0.3 is 0 Å². The monoisotopic (exact) mass is 160 g/mol. The van der Waals surface area contributed by atoms with Gasteiger partial charge in [-0.1, -0.05) is 11.6 Å². The van der Waals surface area contributed by atoms with E-state index < -0.39 is 0 Å². The molecule has 1 aromatic carbocycles. The molecular weight excluding hydrogens is 153 g/mol. The summed E-state index contributed by atoms with van der Waals surface area (Å²) >= 11 is 5.65. The summed E-state index contributed by atoms with van der Waals surface area (Å²) in [6.45, 7) is 0.596. The predicted octanol–water partition coefficient (Wildman–Crippen LogP) is 1.22. The fourth-order valence-corrected chi connectivity index (χ4v) is 0.986. The Kier molecular flexibility index (Phi) is 2.25. The Bertz CT molecular complexity index is 237. The highest BCUT2D eigenvalue weighted by Crippen LogP contribution is 2.15. The molecule has 0 unspecified atom stereocenters. The summed E-state index contributed by atoms with van der Waals surface area (Å²) in [4.78, 5) is 0. The molecule has 1 nitrogen and oxygen atoms in total. The van der Waals surface area contributed by atoms with Crippen molar-refractivity contribution in [2.24, 2.45) is 0 Å². The van der Waals surface area contributed by atoms with E-state index in [9.17, 15) is 4.39 Å². The van der Waals surface area contributed by atoms with Gasteiger partial charge in [-0.15, -0.1) is 0 Å². The molecule has 0 amide bonds. The third-order valence-corrected chi connectivity index (χ3v) is 1.64. The van der Waals surface area contributed by atoms with Crippen LogP contribution in [0.4, 0.5) is 4.39 Å². The van der Waals surface area contributed by atoms with Gasteiger partial charge < -0.3 is 5.73 Å². The standard InChI is InChI=1S/C7H7ClFN/c8-7-3-6(9)2-1-5(7)4-10/h1-3H,4,10H2/p+1. The molecule has 10 heavy (non-hydrogen) atoms. The molecule has 54 valence electrons. The van der Waals surface area contributed by atoms with Crippen LogP contribution in [0.15, 0.2) is 18.2 Å². The van der Waals surface area contributed by atoms with E-state index in [0.29, 0.717) is 11.6 Å². The van der Waals surface area contributed by atoms with Gasteiger partial charge in [0.05, 0.1) is 5.02 Å². The number of rotatable bonds is 1. The van der Waals surface area contributed by atoms with Crippen LogP contribution in [-0.4, -0.2) is 0 Å². The molecule has 0 saturated heterocycles. The van der Waals surface area contributed by atoms with Gasteiger partial charge in [-0.3, -0.25) is 0 Å². The number of hydrogen-bond donors (Lipinski definition) is 1. The third kappa shape index (κ3) is 1.46. The van der Waals surface area contributed by atoms with Crippen LogP contribution in [0, 0.1) is 5.82 Å². The molecule has 0 aliphatic carbocycles. The van der Waals surface area contributed by atoms with Crippen molar-refractivity contribution < 1.29 is 10.1 Å². The molecule has 0 atom stereocenters. The zero-order valence-electron chi connectivity index (χ0n) is 5.40. The Balaban J connectivity index is 3.07. The minimum Gasteiger partial charge on any atom is -0.354 e. The fourth-order valence-electron chi connectivity index (χ4n) is 0.724. The molecule has 0 spiro atoms. The minimum atomic E-state index is -0.304. The van der Waals surface area contributed by atoms with E-state index >= 15 is 0 Å². The lowest BCUT2D eigenvalue weighted by atomic mass is 10.2. The Hall–Kier alpha value is -0.600. The second-order valence-corrected chi connectivity index (χ2v) is 2.39. The topological polar surface area (TPSA) is 27.6 Å². The first-order valence-electron chi connectivity index (χ1n) is 2.97. The Labute approximate surface area is 63.6 Å². The van der Waals surface area contributed by atoms with E-state index in [-0.39, 0.29) is 5.82 Å². The van der Waals surface area contributed by atoms with Crippen molar-refractivity contribution in [2.45, 2.75) is 6.54 Å². The lowest BCUT2D eigenvalue weighted by Gasteiger charge is -1.96. The van der Waals surface area contributed by atoms with Crippen LogP contribution in [0.25, 0.3) is 0 Å². The largest absolute Gasteiger partial charge is 0.354 e. The SMILES string of the molecule is [NH3+]Cc1ccc(F)cc1Cl. The van der Waals surface area contributed by atoms with Gasteiger partial charge in [0, 0.05) is 5.56 Å². The molecule has 0 aliphatic rings.